The topological polar surface area (TPSA) is 98.4 Å². The van der Waals surface area contributed by atoms with E-state index in [1.54, 1.807) is 7.11 Å². The number of H-pyrrole nitrogens is 1. The predicted molar refractivity (Wildman–Crippen MR) is 147 cm³/mol. The number of carbonyl (C=O) groups excluding carboxylic acids is 1. The third kappa shape index (κ3) is 5.68. The molecule has 2 heterocycles. The van der Waals surface area contributed by atoms with Crippen molar-refractivity contribution in [2.24, 2.45) is 0 Å². The first kappa shape index (κ1) is 25.2. The van der Waals surface area contributed by atoms with Crippen LogP contribution in [0.15, 0.2) is 43.1 Å². The summed E-state index contributed by atoms with van der Waals surface area (Å²) in [6, 6.07) is 5.78. The Morgan fingerprint density at radius 2 is 2.03 bits per heavy atom. The van der Waals surface area contributed by atoms with Crippen LogP contribution in [0.5, 0.6) is 5.75 Å². The van der Waals surface area contributed by atoms with Gasteiger partial charge in [-0.05, 0) is 63.6 Å². The second-order valence-corrected chi connectivity index (χ2v) is 9.22. The minimum Gasteiger partial charge on any atom is -0.494 e. The molecule has 36 heavy (non-hydrogen) atoms. The maximum Gasteiger partial charge on any atom is 0.247 e. The van der Waals surface area contributed by atoms with E-state index < -0.39 is 0 Å². The quantitative estimate of drug-likeness (QED) is 0.352. The molecule has 9 nitrogen and oxygen atoms in total. The molecule has 0 unspecified atom stereocenters. The van der Waals surface area contributed by atoms with E-state index in [0.29, 0.717) is 23.1 Å². The van der Waals surface area contributed by atoms with Crippen LogP contribution in [0, 0.1) is 0 Å². The molecular weight excluding hydrogens is 454 g/mol. The minimum atomic E-state index is -0.288. The molecule has 0 saturated heterocycles. The number of rotatable bonds is 10. The Balaban J connectivity index is 1.74. The van der Waals surface area contributed by atoms with Gasteiger partial charge in [0.1, 0.15) is 11.4 Å². The van der Waals surface area contributed by atoms with Crippen molar-refractivity contribution >= 4 is 45.5 Å². The smallest absolute Gasteiger partial charge is 0.247 e. The fraction of sp³-hybridized carbons (Fsp3) is 0.370. The Morgan fingerprint density at radius 3 is 2.72 bits per heavy atom. The molecule has 1 aliphatic carbocycles. The number of ether oxygens (including phenoxy) is 1. The first-order chi connectivity index (χ1) is 17.4. The average molecular weight is 490 g/mol. The molecule has 0 atom stereocenters. The molecule has 3 N–H and O–H groups in total. The van der Waals surface area contributed by atoms with Crippen molar-refractivity contribution < 1.29 is 9.53 Å². The number of nitrogens with one attached hydrogen (secondary N) is 3. The van der Waals surface area contributed by atoms with Gasteiger partial charge in [-0.15, -0.1) is 0 Å². The molecule has 0 radical (unpaired) electrons. The van der Waals surface area contributed by atoms with Crippen LogP contribution in [0.4, 0.5) is 23.0 Å². The standard InChI is InChI=1S/C27H35N7O2/c1-6-24(35)29-20-16-21(23(36-5)17-22(20)34(4)15-14-33(2)3)30-27-31-25(18-10-8-7-9-11-18)19-12-13-28-26(19)32-27/h6,10,12-13,16-17H,1,7-9,11,14-15H2,2-5H3,(H,29,35)(H2,28,30,31,32). The van der Waals surface area contributed by atoms with Gasteiger partial charge >= 0.3 is 0 Å². The number of aromatic nitrogens is 3. The van der Waals surface area contributed by atoms with Crippen LogP contribution in [0.3, 0.4) is 0 Å². The van der Waals surface area contributed by atoms with Gasteiger partial charge in [0.2, 0.25) is 11.9 Å². The molecule has 0 fully saturated rings. The van der Waals surface area contributed by atoms with E-state index >= 15 is 0 Å². The predicted octanol–water partition coefficient (Wildman–Crippen LogP) is 4.79. The number of likely N-dealkylation sites (N-methyl/N-ethyl adjacent to an activating group) is 2. The summed E-state index contributed by atoms with van der Waals surface area (Å²) in [4.78, 5) is 29.2. The van der Waals surface area contributed by atoms with Gasteiger partial charge in [0.15, 0.2) is 0 Å². The monoisotopic (exact) mass is 489 g/mol. The number of allylic oxidation sites excluding steroid dienone is 2. The minimum absolute atomic E-state index is 0.288. The summed E-state index contributed by atoms with van der Waals surface area (Å²) in [5.74, 6) is 0.787. The molecule has 3 aromatic rings. The van der Waals surface area contributed by atoms with E-state index in [9.17, 15) is 4.79 Å². The summed E-state index contributed by atoms with van der Waals surface area (Å²) >= 11 is 0. The van der Waals surface area contributed by atoms with Gasteiger partial charge in [-0.25, -0.2) is 4.98 Å². The normalized spacial score (nSPS) is 13.4. The number of nitrogens with zero attached hydrogens (tertiary/aromatic N) is 4. The number of hydrogen-bond donors (Lipinski definition) is 3. The highest BCUT2D eigenvalue weighted by Crippen LogP contribution is 2.38. The first-order valence-electron chi connectivity index (χ1n) is 12.2. The zero-order chi connectivity index (χ0) is 25.7. The lowest BCUT2D eigenvalue weighted by atomic mass is 9.96. The number of fused-ring (bicyclic) bond motifs is 1. The van der Waals surface area contributed by atoms with Gasteiger partial charge in [-0.1, -0.05) is 12.7 Å². The summed E-state index contributed by atoms with van der Waals surface area (Å²) in [5, 5.41) is 7.28. The Hall–Kier alpha value is -3.85. The van der Waals surface area contributed by atoms with Gasteiger partial charge in [0.25, 0.3) is 0 Å². The zero-order valence-electron chi connectivity index (χ0n) is 21.5. The number of methoxy groups -OCH3 is 1. The van der Waals surface area contributed by atoms with Crippen LogP contribution in [0.2, 0.25) is 0 Å². The molecule has 4 rings (SSSR count). The van der Waals surface area contributed by atoms with Crippen LogP contribution < -0.4 is 20.3 Å². The highest BCUT2D eigenvalue weighted by molar-refractivity contribution is 6.02. The van der Waals surface area contributed by atoms with Gasteiger partial charge in [-0.3, -0.25) is 4.79 Å². The van der Waals surface area contributed by atoms with E-state index in [1.807, 2.05) is 45.5 Å². The van der Waals surface area contributed by atoms with E-state index in [1.165, 1.54) is 18.1 Å². The van der Waals surface area contributed by atoms with Crippen molar-refractivity contribution in [3.8, 4) is 5.75 Å². The molecule has 1 aromatic carbocycles. The van der Waals surface area contributed by atoms with Gasteiger partial charge < -0.3 is 30.2 Å². The maximum atomic E-state index is 12.2. The highest BCUT2D eigenvalue weighted by atomic mass is 16.5. The van der Waals surface area contributed by atoms with E-state index in [2.05, 4.69) is 38.1 Å². The molecular formula is C27H35N7O2. The highest BCUT2D eigenvalue weighted by Gasteiger charge is 2.19. The SMILES string of the molecule is C=CC(=O)Nc1cc(Nc2nc(C3=CCCCC3)c3cc[nH]c3n2)c(OC)cc1N(C)CCN(C)C. The van der Waals surface area contributed by atoms with Crippen LogP contribution in [-0.4, -0.2) is 67.1 Å². The van der Waals surface area contributed by atoms with Gasteiger partial charge in [-0.2, -0.15) is 4.98 Å². The van der Waals surface area contributed by atoms with Gasteiger partial charge in [0.05, 0.1) is 29.9 Å². The fourth-order valence-electron chi connectivity index (χ4n) is 4.32. The molecule has 2 aromatic heterocycles. The largest absolute Gasteiger partial charge is 0.494 e. The summed E-state index contributed by atoms with van der Waals surface area (Å²) in [7, 11) is 7.67. The van der Waals surface area contributed by atoms with Crippen molar-refractivity contribution in [1.29, 1.82) is 0 Å². The number of hydrogen-bond acceptors (Lipinski definition) is 7. The lowest BCUT2D eigenvalue weighted by molar-refractivity contribution is -0.111. The lowest BCUT2D eigenvalue weighted by Crippen LogP contribution is -2.29. The Morgan fingerprint density at radius 1 is 1.19 bits per heavy atom. The number of amides is 1. The third-order valence-electron chi connectivity index (χ3n) is 6.31. The van der Waals surface area contributed by atoms with Crippen LogP contribution in [0.1, 0.15) is 31.4 Å². The summed E-state index contributed by atoms with van der Waals surface area (Å²) in [6.45, 7) is 5.22. The average Bonchev–Trinajstić information content (AvgIpc) is 3.36. The molecule has 0 saturated carbocycles. The summed E-state index contributed by atoms with van der Waals surface area (Å²) in [6.07, 6.45) is 9.87. The second-order valence-electron chi connectivity index (χ2n) is 9.22. The molecule has 0 bridgehead atoms. The molecule has 0 aliphatic heterocycles. The van der Waals surface area contributed by atoms with Crippen molar-refractivity contribution in [1.82, 2.24) is 19.9 Å². The number of anilines is 4. The van der Waals surface area contributed by atoms with E-state index in [-0.39, 0.29) is 5.91 Å². The second kappa shape index (κ2) is 11.3. The van der Waals surface area contributed by atoms with Crippen LogP contribution in [-0.2, 0) is 4.79 Å². The van der Waals surface area contributed by atoms with Gasteiger partial charge in [0, 0.05) is 37.8 Å². The lowest BCUT2D eigenvalue weighted by Gasteiger charge is -2.26. The van der Waals surface area contributed by atoms with Crippen molar-refractivity contribution in [3.05, 3.63) is 48.8 Å². The fourth-order valence-corrected chi connectivity index (χ4v) is 4.32. The van der Waals surface area contributed by atoms with Crippen molar-refractivity contribution in [2.75, 3.05) is 56.9 Å². The van der Waals surface area contributed by atoms with Crippen LogP contribution in [0.25, 0.3) is 16.6 Å². The summed E-state index contributed by atoms with van der Waals surface area (Å²) < 4.78 is 5.73. The Kier molecular flexibility index (Phi) is 7.90. The number of benzene rings is 1. The van der Waals surface area contributed by atoms with Crippen molar-refractivity contribution in [3.63, 3.8) is 0 Å². The van der Waals surface area contributed by atoms with E-state index in [0.717, 1.165) is 54.8 Å². The number of carbonyl (C=O) groups is 1. The van der Waals surface area contributed by atoms with E-state index in [4.69, 9.17) is 14.7 Å². The summed E-state index contributed by atoms with van der Waals surface area (Å²) in [5.41, 5.74) is 5.09. The maximum absolute atomic E-state index is 12.2. The first-order valence-corrected chi connectivity index (χ1v) is 12.2. The van der Waals surface area contributed by atoms with Crippen molar-refractivity contribution in [2.45, 2.75) is 25.7 Å². The Labute approximate surface area is 212 Å². The molecule has 0 spiro atoms. The number of aromatic amines is 1. The van der Waals surface area contributed by atoms with Crippen LogP contribution >= 0.6 is 0 Å². The molecule has 190 valence electrons. The molecule has 1 amide bonds. The molecule has 9 heteroatoms. The third-order valence-corrected chi connectivity index (χ3v) is 6.31. The molecule has 1 aliphatic rings. The zero-order valence-corrected chi connectivity index (χ0v) is 21.5. The Bertz CT molecular complexity index is 1280.